The van der Waals surface area contributed by atoms with Crippen molar-refractivity contribution in [2.24, 2.45) is 0 Å². The largest absolute Gasteiger partial charge is 0.385 e. The highest BCUT2D eigenvalue weighted by Gasteiger charge is 2.05. The van der Waals surface area contributed by atoms with Crippen molar-refractivity contribution in [2.75, 3.05) is 11.9 Å². The quantitative estimate of drug-likeness (QED) is 0.744. The molecule has 2 aromatic rings. The number of hydrogen-bond acceptors (Lipinski definition) is 1. The summed E-state index contributed by atoms with van der Waals surface area (Å²) in [4.78, 5) is 0. The van der Waals surface area contributed by atoms with Crippen LogP contribution in [0.2, 0.25) is 0 Å². The van der Waals surface area contributed by atoms with Crippen LogP contribution in [0.3, 0.4) is 0 Å². The number of rotatable bonds is 5. The molecule has 0 saturated heterocycles. The van der Waals surface area contributed by atoms with Crippen LogP contribution in [-0.2, 0) is 0 Å². The molecule has 0 spiro atoms. The van der Waals surface area contributed by atoms with Gasteiger partial charge in [-0.3, -0.25) is 0 Å². The third-order valence-electron chi connectivity index (χ3n) is 3.71. The third-order valence-corrected chi connectivity index (χ3v) is 4.96. The second-order valence-corrected chi connectivity index (χ2v) is 6.24. The minimum absolute atomic E-state index is 0.585. The van der Waals surface area contributed by atoms with Crippen molar-refractivity contribution >= 4 is 21.6 Å². The van der Waals surface area contributed by atoms with E-state index in [-0.39, 0.29) is 0 Å². The molecule has 2 rings (SSSR count). The molecule has 1 N–H and O–H groups in total. The molecular formula is C18H22BrN. The van der Waals surface area contributed by atoms with Gasteiger partial charge >= 0.3 is 0 Å². The van der Waals surface area contributed by atoms with Gasteiger partial charge in [0.15, 0.2) is 0 Å². The Bertz CT molecular complexity index is 540. The standard InChI is InChI=1S/C18H22BrN/c1-13(16-7-5-4-6-8-16)9-10-20-17-11-14(2)18(19)15(3)12-17/h4-8,11-13,20H,9-10H2,1-3H3. The molecule has 0 heterocycles. The molecule has 0 aliphatic carbocycles. The van der Waals surface area contributed by atoms with E-state index in [1.807, 2.05) is 0 Å². The monoisotopic (exact) mass is 331 g/mol. The highest BCUT2D eigenvalue weighted by Crippen LogP contribution is 2.25. The van der Waals surface area contributed by atoms with Crippen molar-refractivity contribution in [3.05, 3.63) is 63.6 Å². The van der Waals surface area contributed by atoms with Crippen LogP contribution >= 0.6 is 15.9 Å². The van der Waals surface area contributed by atoms with E-state index in [2.05, 4.69) is 84.5 Å². The van der Waals surface area contributed by atoms with Gasteiger partial charge < -0.3 is 5.32 Å². The van der Waals surface area contributed by atoms with E-state index in [0.29, 0.717) is 5.92 Å². The van der Waals surface area contributed by atoms with Gasteiger partial charge in [0.25, 0.3) is 0 Å². The topological polar surface area (TPSA) is 12.0 Å². The van der Waals surface area contributed by atoms with E-state index in [4.69, 9.17) is 0 Å². The first-order valence-electron chi connectivity index (χ1n) is 7.13. The van der Waals surface area contributed by atoms with Crippen molar-refractivity contribution in [2.45, 2.75) is 33.1 Å². The Balaban J connectivity index is 1.90. The summed E-state index contributed by atoms with van der Waals surface area (Å²) in [5.74, 6) is 0.585. The summed E-state index contributed by atoms with van der Waals surface area (Å²) < 4.78 is 1.21. The maximum Gasteiger partial charge on any atom is 0.0346 e. The Labute approximate surface area is 130 Å². The molecule has 1 atom stereocenters. The zero-order chi connectivity index (χ0) is 14.5. The summed E-state index contributed by atoms with van der Waals surface area (Å²) in [5, 5.41) is 3.53. The number of aryl methyl sites for hydroxylation is 2. The molecule has 0 aliphatic heterocycles. The van der Waals surface area contributed by atoms with Gasteiger partial charge in [-0.15, -0.1) is 0 Å². The van der Waals surface area contributed by atoms with Crippen molar-refractivity contribution in [3.63, 3.8) is 0 Å². The first-order chi connectivity index (χ1) is 9.58. The van der Waals surface area contributed by atoms with E-state index < -0.39 is 0 Å². The fraction of sp³-hybridized carbons (Fsp3) is 0.333. The molecule has 0 saturated carbocycles. The average molecular weight is 332 g/mol. The maximum absolute atomic E-state index is 3.61. The molecule has 0 fully saturated rings. The van der Waals surface area contributed by atoms with Gasteiger partial charge in [0, 0.05) is 16.7 Å². The molecule has 0 bridgehead atoms. The molecular weight excluding hydrogens is 310 g/mol. The molecule has 106 valence electrons. The number of halogens is 1. The van der Waals surface area contributed by atoms with Crippen LogP contribution in [0.4, 0.5) is 5.69 Å². The van der Waals surface area contributed by atoms with Crippen LogP contribution in [0, 0.1) is 13.8 Å². The number of nitrogens with one attached hydrogen (secondary N) is 1. The SMILES string of the molecule is Cc1cc(NCCC(C)c2ccccc2)cc(C)c1Br. The van der Waals surface area contributed by atoms with Crippen LogP contribution < -0.4 is 5.32 Å². The van der Waals surface area contributed by atoms with Gasteiger partial charge in [0.2, 0.25) is 0 Å². The Morgan fingerprint density at radius 1 is 1.05 bits per heavy atom. The van der Waals surface area contributed by atoms with Gasteiger partial charge in [-0.05, 0) is 55.0 Å². The molecule has 2 heteroatoms. The summed E-state index contributed by atoms with van der Waals surface area (Å²) in [6.45, 7) is 7.55. The Hall–Kier alpha value is -1.28. The lowest BCUT2D eigenvalue weighted by molar-refractivity contribution is 0.706. The Kier molecular flexibility index (Phi) is 5.24. The number of anilines is 1. The van der Waals surface area contributed by atoms with Gasteiger partial charge in [0.05, 0.1) is 0 Å². The van der Waals surface area contributed by atoms with Crippen LogP contribution in [0.5, 0.6) is 0 Å². The van der Waals surface area contributed by atoms with Gasteiger partial charge in [-0.2, -0.15) is 0 Å². The zero-order valence-electron chi connectivity index (χ0n) is 12.4. The first kappa shape index (κ1) is 15.1. The fourth-order valence-electron chi connectivity index (χ4n) is 2.43. The molecule has 2 aromatic carbocycles. The average Bonchev–Trinajstić information content (AvgIpc) is 2.45. The lowest BCUT2D eigenvalue weighted by Gasteiger charge is -2.14. The second-order valence-electron chi connectivity index (χ2n) is 5.45. The first-order valence-corrected chi connectivity index (χ1v) is 7.93. The van der Waals surface area contributed by atoms with E-state index in [1.165, 1.54) is 26.9 Å². The molecule has 1 unspecified atom stereocenters. The molecule has 20 heavy (non-hydrogen) atoms. The van der Waals surface area contributed by atoms with Crippen LogP contribution in [-0.4, -0.2) is 6.54 Å². The molecule has 0 aliphatic rings. The highest BCUT2D eigenvalue weighted by molar-refractivity contribution is 9.10. The molecule has 0 amide bonds. The summed E-state index contributed by atoms with van der Waals surface area (Å²) >= 11 is 3.61. The van der Waals surface area contributed by atoms with Crippen molar-refractivity contribution in [1.82, 2.24) is 0 Å². The lowest BCUT2D eigenvalue weighted by Crippen LogP contribution is -2.06. The second kappa shape index (κ2) is 6.94. The van der Waals surface area contributed by atoms with Crippen LogP contribution in [0.15, 0.2) is 46.9 Å². The molecule has 1 nitrogen and oxygen atoms in total. The van der Waals surface area contributed by atoms with E-state index in [1.54, 1.807) is 0 Å². The van der Waals surface area contributed by atoms with Crippen LogP contribution in [0.1, 0.15) is 36.0 Å². The normalized spacial score (nSPS) is 12.2. The number of benzene rings is 2. The predicted molar refractivity (Wildman–Crippen MR) is 91.6 cm³/mol. The lowest BCUT2D eigenvalue weighted by atomic mass is 9.98. The summed E-state index contributed by atoms with van der Waals surface area (Å²) in [7, 11) is 0. The smallest absolute Gasteiger partial charge is 0.0346 e. The van der Waals surface area contributed by atoms with Crippen molar-refractivity contribution in [3.8, 4) is 0 Å². The summed E-state index contributed by atoms with van der Waals surface area (Å²) in [5.41, 5.74) is 5.19. The van der Waals surface area contributed by atoms with Gasteiger partial charge in [0.1, 0.15) is 0 Å². The third kappa shape index (κ3) is 3.86. The molecule has 0 radical (unpaired) electrons. The number of hydrogen-bond donors (Lipinski definition) is 1. The maximum atomic E-state index is 3.61. The van der Waals surface area contributed by atoms with E-state index in [9.17, 15) is 0 Å². The summed E-state index contributed by atoms with van der Waals surface area (Å²) in [6, 6.07) is 15.1. The van der Waals surface area contributed by atoms with E-state index in [0.717, 1.165) is 13.0 Å². The van der Waals surface area contributed by atoms with Crippen molar-refractivity contribution < 1.29 is 0 Å². The minimum atomic E-state index is 0.585. The Morgan fingerprint density at radius 2 is 1.65 bits per heavy atom. The van der Waals surface area contributed by atoms with Gasteiger partial charge in [-0.25, -0.2) is 0 Å². The zero-order valence-corrected chi connectivity index (χ0v) is 14.0. The van der Waals surface area contributed by atoms with Gasteiger partial charge in [-0.1, -0.05) is 53.2 Å². The van der Waals surface area contributed by atoms with E-state index >= 15 is 0 Å². The summed E-state index contributed by atoms with van der Waals surface area (Å²) in [6.07, 6.45) is 1.14. The minimum Gasteiger partial charge on any atom is -0.385 e. The Morgan fingerprint density at radius 3 is 2.25 bits per heavy atom. The fourth-order valence-corrected chi connectivity index (χ4v) is 2.66. The highest BCUT2D eigenvalue weighted by atomic mass is 79.9. The predicted octanol–water partition coefficient (Wildman–Crippen LogP) is 5.67. The van der Waals surface area contributed by atoms with Crippen molar-refractivity contribution in [1.29, 1.82) is 0 Å². The molecule has 0 aromatic heterocycles. The van der Waals surface area contributed by atoms with Crippen LogP contribution in [0.25, 0.3) is 0 Å².